The zero-order valence-electron chi connectivity index (χ0n) is 14.3. The lowest BCUT2D eigenvalue weighted by atomic mass is 10.1. The predicted octanol–water partition coefficient (Wildman–Crippen LogP) is -0.924. The van der Waals surface area contributed by atoms with Crippen molar-refractivity contribution in [3.05, 3.63) is 16.7 Å². The first-order valence-corrected chi connectivity index (χ1v) is 8.07. The molecule has 2 unspecified atom stereocenters. The Kier molecular flexibility index (Phi) is 5.07. The van der Waals surface area contributed by atoms with E-state index in [0.717, 1.165) is 10.8 Å². The van der Waals surface area contributed by atoms with Crippen molar-refractivity contribution in [2.75, 3.05) is 5.73 Å². The van der Waals surface area contributed by atoms with Gasteiger partial charge in [-0.2, -0.15) is 18.2 Å². The van der Waals surface area contributed by atoms with Gasteiger partial charge in [-0.25, -0.2) is 18.7 Å². The number of nitrogens with two attached hydrogens (primary N) is 1. The van der Waals surface area contributed by atoms with E-state index in [4.69, 9.17) is 10.5 Å². The van der Waals surface area contributed by atoms with E-state index in [1.807, 2.05) is 0 Å². The average molecular weight is 411 g/mol. The van der Waals surface area contributed by atoms with Gasteiger partial charge in [-0.1, -0.05) is 0 Å². The second-order valence-electron chi connectivity index (χ2n) is 6.46. The smallest absolute Gasteiger partial charge is 0.392 e. The van der Waals surface area contributed by atoms with E-state index in [9.17, 15) is 37.7 Å². The van der Waals surface area contributed by atoms with Gasteiger partial charge < -0.3 is 25.8 Å². The number of rotatable bonds is 4. The van der Waals surface area contributed by atoms with Crippen LogP contribution in [0.15, 0.2) is 11.0 Å². The summed E-state index contributed by atoms with van der Waals surface area (Å²) in [5.74, 6) is -0.299. The first kappa shape index (κ1) is 20.4. The van der Waals surface area contributed by atoms with E-state index in [1.165, 1.54) is 6.92 Å². The number of aromatic nitrogens is 4. The molecule has 2 aromatic heterocycles. The van der Waals surface area contributed by atoms with Crippen LogP contribution in [0.1, 0.15) is 13.2 Å². The molecule has 28 heavy (non-hydrogen) atoms. The monoisotopic (exact) mass is 411 g/mol. The van der Waals surface area contributed by atoms with Crippen molar-refractivity contribution >= 4 is 17.1 Å². The minimum absolute atomic E-state index is 0.0335. The lowest BCUT2D eigenvalue weighted by Gasteiger charge is -2.22. The molecule has 5 N–H and O–H groups in total. The van der Waals surface area contributed by atoms with Crippen LogP contribution < -0.4 is 11.4 Å². The maximum absolute atomic E-state index is 14.3. The second-order valence-corrected chi connectivity index (χ2v) is 6.46. The minimum Gasteiger partial charge on any atom is -0.392 e. The molecule has 2 aromatic rings. The Morgan fingerprint density at radius 2 is 2.04 bits per heavy atom. The number of hydrogen-bond donors (Lipinski definition) is 4. The molecule has 0 amide bonds. The van der Waals surface area contributed by atoms with Gasteiger partial charge in [0.15, 0.2) is 24.2 Å². The van der Waals surface area contributed by atoms with E-state index in [1.54, 1.807) is 0 Å². The highest BCUT2D eigenvalue weighted by Gasteiger charge is 2.56. The third-order valence-electron chi connectivity index (χ3n) is 4.30. The first-order valence-electron chi connectivity index (χ1n) is 8.07. The van der Waals surface area contributed by atoms with Crippen molar-refractivity contribution in [3.63, 3.8) is 0 Å². The van der Waals surface area contributed by atoms with Crippen molar-refractivity contribution in [1.29, 1.82) is 0 Å². The Morgan fingerprint density at radius 3 is 2.61 bits per heavy atom. The van der Waals surface area contributed by atoms with Crippen LogP contribution in [0.4, 0.5) is 23.5 Å². The van der Waals surface area contributed by atoms with E-state index in [2.05, 4.69) is 9.97 Å². The van der Waals surface area contributed by atoms with E-state index < -0.39 is 48.7 Å². The Labute approximate surface area is 153 Å². The molecule has 0 spiro atoms. The molecule has 0 saturated carbocycles. The number of ether oxygens (including phenoxy) is 1. The molecule has 6 atom stereocenters. The largest absolute Gasteiger partial charge is 0.417 e. The van der Waals surface area contributed by atoms with Crippen molar-refractivity contribution in [1.82, 2.24) is 19.1 Å². The molecule has 1 aliphatic rings. The summed E-state index contributed by atoms with van der Waals surface area (Å²) in [6, 6.07) is 0. The third-order valence-corrected chi connectivity index (χ3v) is 4.30. The van der Waals surface area contributed by atoms with Crippen molar-refractivity contribution in [3.8, 4) is 0 Å². The molecule has 3 rings (SSSR count). The highest BCUT2D eigenvalue weighted by atomic mass is 19.4. The average Bonchev–Trinajstić information content (AvgIpc) is 3.01. The van der Waals surface area contributed by atoms with Crippen molar-refractivity contribution in [2.24, 2.45) is 0 Å². The van der Waals surface area contributed by atoms with Crippen LogP contribution in [-0.2, 0) is 11.3 Å². The fraction of sp³-hybridized carbons (Fsp3) is 0.643. The van der Waals surface area contributed by atoms with Gasteiger partial charge in [0.2, 0.25) is 5.95 Å². The van der Waals surface area contributed by atoms with Gasteiger partial charge in [0.25, 0.3) is 0 Å². The number of fused-ring (bicyclic) bond motifs is 1. The van der Waals surface area contributed by atoms with Gasteiger partial charge in [0.05, 0.1) is 18.8 Å². The number of hydrogen-bond acceptors (Lipinski definition) is 8. The van der Waals surface area contributed by atoms with Crippen molar-refractivity contribution < 1.29 is 37.6 Å². The fourth-order valence-electron chi connectivity index (χ4n) is 3.06. The summed E-state index contributed by atoms with van der Waals surface area (Å²) in [5.41, 5.74) is 4.33. The van der Waals surface area contributed by atoms with Gasteiger partial charge in [-0.05, 0) is 6.92 Å². The molecule has 0 bridgehead atoms. The Morgan fingerprint density at radius 1 is 1.39 bits per heavy atom. The first-order chi connectivity index (χ1) is 12.9. The number of halogens is 4. The zero-order chi connectivity index (χ0) is 21.0. The highest BCUT2D eigenvalue weighted by molar-refractivity contribution is 5.72. The predicted molar refractivity (Wildman–Crippen MR) is 84.8 cm³/mol. The van der Waals surface area contributed by atoms with E-state index in [0.29, 0.717) is 4.57 Å². The molecule has 1 aliphatic heterocycles. The van der Waals surface area contributed by atoms with Gasteiger partial charge in [0.1, 0.15) is 17.7 Å². The molecule has 1 fully saturated rings. The number of nitrogen functional groups attached to an aromatic ring is 1. The van der Waals surface area contributed by atoms with Crippen LogP contribution in [-0.4, -0.2) is 71.2 Å². The molecule has 1 saturated heterocycles. The van der Waals surface area contributed by atoms with Crippen LogP contribution in [0.25, 0.3) is 11.2 Å². The Bertz CT molecular complexity index is 929. The molecule has 10 nitrogen and oxygen atoms in total. The summed E-state index contributed by atoms with van der Waals surface area (Å²) < 4.78 is 59.0. The van der Waals surface area contributed by atoms with Crippen LogP contribution >= 0.6 is 0 Å². The molecular formula is C14H17F4N5O5. The number of anilines is 1. The number of imidazole rings is 1. The number of aliphatic hydroxyl groups is 3. The van der Waals surface area contributed by atoms with Gasteiger partial charge in [-0.3, -0.25) is 4.57 Å². The number of alkyl halides is 4. The maximum atomic E-state index is 14.3. The van der Waals surface area contributed by atoms with Crippen LogP contribution in [0.2, 0.25) is 0 Å². The molecular weight excluding hydrogens is 394 g/mol. The summed E-state index contributed by atoms with van der Waals surface area (Å²) in [6.07, 6.45) is -17.5. The molecule has 14 heteroatoms. The quantitative estimate of drug-likeness (QED) is 0.472. The van der Waals surface area contributed by atoms with E-state index in [-0.39, 0.29) is 23.7 Å². The number of aliphatic hydroxyl groups excluding tert-OH is 3. The third kappa shape index (κ3) is 3.32. The number of nitrogens with zero attached hydrogens (tertiary/aromatic N) is 4. The highest BCUT2D eigenvalue weighted by Crippen LogP contribution is 2.38. The fourth-order valence-corrected chi connectivity index (χ4v) is 3.06. The van der Waals surface area contributed by atoms with Gasteiger partial charge in [-0.15, -0.1) is 0 Å². The molecule has 156 valence electrons. The lowest BCUT2D eigenvalue weighted by Crippen LogP contribution is -2.44. The normalized spacial score (nSPS) is 28.0. The van der Waals surface area contributed by atoms with Crippen LogP contribution in [0.3, 0.4) is 0 Å². The second kappa shape index (κ2) is 6.95. The zero-order valence-corrected chi connectivity index (χ0v) is 14.3. The summed E-state index contributed by atoms with van der Waals surface area (Å²) in [5, 5.41) is 29.0. The molecule has 0 aromatic carbocycles. The summed E-state index contributed by atoms with van der Waals surface area (Å²) >= 11 is 0. The summed E-state index contributed by atoms with van der Waals surface area (Å²) in [7, 11) is 0. The van der Waals surface area contributed by atoms with Gasteiger partial charge >= 0.3 is 11.9 Å². The molecule has 0 aliphatic carbocycles. The SMILES string of the molecule is CC(O)Cn1c(=O)n([C@@H]2O[C@H](C(O)C(F)(F)F)[C@H](F)[C@H]2O)c2nc(N)ncc21. The summed E-state index contributed by atoms with van der Waals surface area (Å²) in [4.78, 5) is 20.3. The topological polar surface area (TPSA) is 149 Å². The van der Waals surface area contributed by atoms with Gasteiger partial charge in [0, 0.05) is 0 Å². The Balaban J connectivity index is 2.12. The van der Waals surface area contributed by atoms with E-state index >= 15 is 0 Å². The standard InChI is InChI=1S/C14H17F4N5O5/c1-4(24)3-22-5-2-20-12(19)21-10(5)23(13(22)27)11-7(25)6(15)8(28-11)9(26)14(16,17)18/h2,4,6-9,11,24-26H,3H2,1H3,(H2,19,20,21)/t4?,6-,7-,8+,9?,11-/m1/s1. The molecule has 3 heterocycles. The van der Waals surface area contributed by atoms with Crippen LogP contribution in [0, 0.1) is 0 Å². The molecule has 0 radical (unpaired) electrons. The lowest BCUT2D eigenvalue weighted by molar-refractivity contribution is -0.241. The van der Waals surface area contributed by atoms with Crippen molar-refractivity contribution in [2.45, 2.75) is 56.5 Å². The maximum Gasteiger partial charge on any atom is 0.417 e. The van der Waals surface area contributed by atoms with Crippen LogP contribution in [0.5, 0.6) is 0 Å². The summed E-state index contributed by atoms with van der Waals surface area (Å²) in [6.45, 7) is 1.13. The Hall–Kier alpha value is -2.29. The minimum atomic E-state index is -5.21.